The average Bonchev–Trinajstić information content (AvgIpc) is 2.54. The topological polar surface area (TPSA) is 73.1 Å². The van der Waals surface area contributed by atoms with Gasteiger partial charge in [0.15, 0.2) is 0 Å². The van der Waals surface area contributed by atoms with Gasteiger partial charge in [0.25, 0.3) is 0 Å². The maximum atomic E-state index is 5.53. The quantitative estimate of drug-likeness (QED) is 0.751. The summed E-state index contributed by atoms with van der Waals surface area (Å²) in [7, 11) is 0. The Kier molecular flexibility index (Phi) is 3.93. The van der Waals surface area contributed by atoms with Crippen LogP contribution in [0.3, 0.4) is 0 Å². The highest BCUT2D eigenvalue weighted by atomic mass is 16.5. The molecule has 0 radical (unpaired) electrons. The van der Waals surface area contributed by atoms with Crippen LogP contribution in [0.25, 0.3) is 10.9 Å². The van der Waals surface area contributed by atoms with E-state index in [-0.39, 0.29) is 0 Å². The summed E-state index contributed by atoms with van der Waals surface area (Å²) < 4.78 is 5.53. The van der Waals surface area contributed by atoms with Gasteiger partial charge in [0, 0.05) is 23.7 Å². The van der Waals surface area contributed by atoms with Crippen LogP contribution >= 0.6 is 0 Å². The fourth-order valence-electron chi connectivity index (χ4n) is 2.10. The Bertz CT molecular complexity index is 740. The second-order valence-electron chi connectivity index (χ2n) is 4.57. The molecule has 0 aliphatic heterocycles. The number of ether oxygens (including phenoxy) is 1. The van der Waals surface area contributed by atoms with Gasteiger partial charge in [0.1, 0.15) is 12.4 Å². The number of hydrogen-bond acceptors (Lipinski definition) is 5. The Morgan fingerprint density at radius 1 is 1.10 bits per heavy atom. The summed E-state index contributed by atoms with van der Waals surface area (Å²) >= 11 is 0. The molecule has 0 bridgehead atoms. The third-order valence-corrected chi connectivity index (χ3v) is 3.05. The smallest absolute Gasteiger partial charge is 0.121 e. The number of fused-ring (bicyclic) bond motifs is 1. The Morgan fingerprint density at radius 3 is 2.90 bits per heavy atom. The van der Waals surface area contributed by atoms with Gasteiger partial charge in [-0.15, -0.1) is 0 Å². The molecule has 2 aromatic carbocycles. The van der Waals surface area contributed by atoms with Crippen molar-refractivity contribution in [3.05, 3.63) is 54.7 Å². The van der Waals surface area contributed by atoms with Crippen molar-refractivity contribution in [2.45, 2.75) is 0 Å². The zero-order valence-corrected chi connectivity index (χ0v) is 11.5. The molecule has 5 nitrogen and oxygen atoms in total. The highest BCUT2D eigenvalue weighted by Crippen LogP contribution is 2.25. The largest absolute Gasteiger partial charge is 0.492 e. The van der Waals surface area contributed by atoms with E-state index >= 15 is 0 Å². The summed E-state index contributed by atoms with van der Waals surface area (Å²) in [6.45, 7) is 1.000. The lowest BCUT2D eigenvalue weighted by Gasteiger charge is -2.10. The zero-order chi connectivity index (χ0) is 14.5. The van der Waals surface area contributed by atoms with Crippen LogP contribution in [-0.2, 0) is 0 Å². The van der Waals surface area contributed by atoms with Crippen molar-refractivity contribution in [2.24, 2.45) is 5.73 Å². The predicted molar refractivity (Wildman–Crippen MR) is 83.8 cm³/mol. The Hall–Kier alpha value is -2.66. The normalized spacial score (nSPS) is 10.5. The van der Waals surface area contributed by atoms with E-state index in [1.165, 1.54) is 0 Å². The van der Waals surface area contributed by atoms with Gasteiger partial charge in [-0.25, -0.2) is 0 Å². The van der Waals surface area contributed by atoms with Gasteiger partial charge in [-0.3, -0.25) is 0 Å². The summed E-state index contributed by atoms with van der Waals surface area (Å²) in [5, 5.41) is 12.5. The molecule has 0 spiro atoms. The van der Waals surface area contributed by atoms with Crippen molar-refractivity contribution in [1.82, 2.24) is 10.2 Å². The highest BCUT2D eigenvalue weighted by molar-refractivity contribution is 5.92. The fourth-order valence-corrected chi connectivity index (χ4v) is 2.10. The Morgan fingerprint density at radius 2 is 2.00 bits per heavy atom. The van der Waals surface area contributed by atoms with Crippen molar-refractivity contribution in [3.63, 3.8) is 0 Å². The third-order valence-electron chi connectivity index (χ3n) is 3.05. The Labute approximate surface area is 122 Å². The van der Waals surface area contributed by atoms with Gasteiger partial charge in [-0.05, 0) is 18.2 Å². The van der Waals surface area contributed by atoms with Crippen LogP contribution in [0.2, 0.25) is 0 Å². The average molecular weight is 280 g/mol. The van der Waals surface area contributed by atoms with Crippen LogP contribution in [-0.4, -0.2) is 23.3 Å². The van der Waals surface area contributed by atoms with Crippen LogP contribution < -0.4 is 15.8 Å². The number of aromatic nitrogens is 2. The van der Waals surface area contributed by atoms with Crippen LogP contribution in [0.5, 0.6) is 5.75 Å². The van der Waals surface area contributed by atoms with Crippen LogP contribution in [0.4, 0.5) is 11.4 Å². The summed E-state index contributed by atoms with van der Waals surface area (Å²) in [5.41, 5.74) is 8.15. The molecule has 0 fully saturated rings. The number of nitrogens with one attached hydrogen (secondary N) is 1. The number of benzene rings is 2. The van der Waals surface area contributed by atoms with E-state index in [0.29, 0.717) is 13.2 Å². The predicted octanol–water partition coefficient (Wildman–Crippen LogP) is 2.71. The minimum Gasteiger partial charge on any atom is -0.492 e. The van der Waals surface area contributed by atoms with Gasteiger partial charge < -0.3 is 15.8 Å². The van der Waals surface area contributed by atoms with Crippen LogP contribution in [0.15, 0.2) is 54.7 Å². The molecule has 21 heavy (non-hydrogen) atoms. The zero-order valence-electron chi connectivity index (χ0n) is 11.5. The van der Waals surface area contributed by atoms with E-state index in [4.69, 9.17) is 10.5 Å². The lowest BCUT2D eigenvalue weighted by Crippen LogP contribution is -2.10. The van der Waals surface area contributed by atoms with Gasteiger partial charge >= 0.3 is 0 Å². The van der Waals surface area contributed by atoms with E-state index < -0.39 is 0 Å². The molecule has 3 aromatic rings. The minimum absolute atomic E-state index is 0.497. The molecule has 0 saturated heterocycles. The lowest BCUT2D eigenvalue weighted by molar-refractivity contribution is 0.328. The lowest BCUT2D eigenvalue weighted by atomic mass is 10.2. The molecule has 0 unspecified atom stereocenters. The molecule has 1 heterocycles. The summed E-state index contributed by atoms with van der Waals surface area (Å²) in [5.74, 6) is 0.789. The molecule has 1 aromatic heterocycles. The first-order valence-electron chi connectivity index (χ1n) is 6.77. The second-order valence-corrected chi connectivity index (χ2v) is 4.57. The summed E-state index contributed by atoms with van der Waals surface area (Å²) in [6.07, 6.45) is 1.72. The van der Waals surface area contributed by atoms with Gasteiger partial charge in [-0.1, -0.05) is 24.3 Å². The van der Waals surface area contributed by atoms with E-state index in [1.807, 2.05) is 48.5 Å². The number of anilines is 2. The molecule has 3 rings (SSSR count). The van der Waals surface area contributed by atoms with E-state index in [9.17, 15) is 0 Å². The van der Waals surface area contributed by atoms with E-state index in [1.54, 1.807) is 6.20 Å². The first kappa shape index (κ1) is 13.3. The SMILES string of the molecule is NCCOc1cccc(Nc2cnnc3ccccc23)c1. The van der Waals surface area contributed by atoms with Crippen molar-refractivity contribution < 1.29 is 4.74 Å². The molecule has 0 aliphatic rings. The highest BCUT2D eigenvalue weighted by Gasteiger charge is 2.03. The second kappa shape index (κ2) is 6.19. The van der Waals surface area contributed by atoms with Crippen molar-refractivity contribution in [1.29, 1.82) is 0 Å². The fraction of sp³-hybridized carbons (Fsp3) is 0.125. The number of rotatable bonds is 5. The summed E-state index contributed by atoms with van der Waals surface area (Å²) in [4.78, 5) is 0. The molecule has 0 atom stereocenters. The number of nitrogens with two attached hydrogens (primary N) is 1. The molecular formula is C16H16N4O. The first-order valence-corrected chi connectivity index (χ1v) is 6.77. The number of nitrogens with zero attached hydrogens (tertiary/aromatic N) is 2. The van der Waals surface area contributed by atoms with Gasteiger partial charge in [-0.2, -0.15) is 10.2 Å². The number of hydrogen-bond donors (Lipinski definition) is 2. The molecular weight excluding hydrogens is 264 g/mol. The summed E-state index contributed by atoms with van der Waals surface area (Å²) in [6, 6.07) is 15.6. The Balaban J connectivity index is 1.88. The molecule has 106 valence electrons. The van der Waals surface area contributed by atoms with E-state index in [0.717, 1.165) is 28.0 Å². The van der Waals surface area contributed by atoms with Gasteiger partial charge in [0.05, 0.1) is 17.4 Å². The molecule has 5 heteroatoms. The first-order chi connectivity index (χ1) is 10.4. The molecule has 0 saturated carbocycles. The van der Waals surface area contributed by atoms with E-state index in [2.05, 4.69) is 15.5 Å². The van der Waals surface area contributed by atoms with Crippen molar-refractivity contribution in [3.8, 4) is 5.75 Å². The maximum Gasteiger partial charge on any atom is 0.121 e. The molecule has 3 N–H and O–H groups in total. The van der Waals surface area contributed by atoms with Crippen LogP contribution in [0.1, 0.15) is 0 Å². The maximum absolute atomic E-state index is 5.53. The standard InChI is InChI=1S/C16H16N4O/c17-8-9-21-13-5-3-4-12(10-13)19-16-11-18-20-15-7-2-1-6-14(15)16/h1-7,10-11H,8-9,17H2,(H,19,20). The molecule has 0 aliphatic carbocycles. The minimum atomic E-state index is 0.497. The molecule has 0 amide bonds. The van der Waals surface area contributed by atoms with Crippen LogP contribution in [0, 0.1) is 0 Å². The van der Waals surface area contributed by atoms with Crippen molar-refractivity contribution in [2.75, 3.05) is 18.5 Å². The monoisotopic (exact) mass is 280 g/mol. The van der Waals surface area contributed by atoms with Crippen molar-refractivity contribution >= 4 is 22.3 Å². The third kappa shape index (κ3) is 3.09. The van der Waals surface area contributed by atoms with Gasteiger partial charge in [0.2, 0.25) is 0 Å².